The van der Waals surface area contributed by atoms with E-state index in [0.717, 1.165) is 25.7 Å². The maximum Gasteiger partial charge on any atom is 0.573 e. The van der Waals surface area contributed by atoms with Gasteiger partial charge in [0.15, 0.2) is 0 Å². The van der Waals surface area contributed by atoms with Crippen LogP contribution in [-0.4, -0.2) is 23.4 Å². The van der Waals surface area contributed by atoms with Gasteiger partial charge in [-0.05, 0) is 49.1 Å². The second-order valence-corrected chi connectivity index (χ2v) is 8.63. The van der Waals surface area contributed by atoms with Gasteiger partial charge in [-0.25, -0.2) is 0 Å². The third-order valence-corrected chi connectivity index (χ3v) is 6.27. The van der Waals surface area contributed by atoms with Gasteiger partial charge in [0.05, 0.1) is 5.56 Å². The van der Waals surface area contributed by atoms with Gasteiger partial charge in [-0.3, -0.25) is 4.79 Å². The van der Waals surface area contributed by atoms with E-state index in [9.17, 15) is 18.0 Å². The standard InChI is InChI=1S/C26H27F3N2O2/c1-31-16-22(21-9-5-6-10-24(21)33-26(27,28)29)23(17-31)25(32)30-15-18-11-13-20(14-12-18)19-7-3-2-4-8-19/h2-10,16-18,20H,11-15H2,1H3,(H,30,32). The Morgan fingerprint density at radius 2 is 1.64 bits per heavy atom. The third kappa shape index (κ3) is 5.78. The van der Waals surface area contributed by atoms with Gasteiger partial charge >= 0.3 is 6.36 Å². The smallest absolute Gasteiger partial charge is 0.405 e. The number of alkyl halides is 3. The lowest BCUT2D eigenvalue weighted by Crippen LogP contribution is -2.31. The Labute approximate surface area is 191 Å². The molecule has 7 heteroatoms. The highest BCUT2D eigenvalue weighted by Crippen LogP contribution is 2.37. The van der Waals surface area contributed by atoms with Crippen LogP contribution < -0.4 is 10.1 Å². The van der Waals surface area contributed by atoms with Crippen molar-refractivity contribution < 1.29 is 22.7 Å². The lowest BCUT2D eigenvalue weighted by atomic mass is 9.78. The number of carbonyl (C=O) groups is 1. The molecule has 1 aliphatic carbocycles. The van der Waals surface area contributed by atoms with Crippen molar-refractivity contribution in [3.63, 3.8) is 0 Å². The van der Waals surface area contributed by atoms with E-state index in [1.165, 1.54) is 23.8 Å². The maximum absolute atomic E-state index is 13.0. The molecule has 1 aromatic heterocycles. The fraction of sp³-hybridized carbons (Fsp3) is 0.346. The van der Waals surface area contributed by atoms with Crippen LogP contribution in [0.15, 0.2) is 67.0 Å². The van der Waals surface area contributed by atoms with Crippen LogP contribution in [0.4, 0.5) is 13.2 Å². The predicted molar refractivity (Wildman–Crippen MR) is 121 cm³/mol. The van der Waals surface area contributed by atoms with E-state index >= 15 is 0 Å². The van der Waals surface area contributed by atoms with Crippen LogP contribution >= 0.6 is 0 Å². The van der Waals surface area contributed by atoms with Gasteiger partial charge in [-0.2, -0.15) is 0 Å². The number of aryl methyl sites for hydroxylation is 1. The maximum atomic E-state index is 13.0. The van der Waals surface area contributed by atoms with Crippen molar-refractivity contribution in [1.82, 2.24) is 9.88 Å². The molecule has 0 saturated heterocycles. The van der Waals surface area contributed by atoms with Crippen molar-refractivity contribution in [2.75, 3.05) is 6.54 Å². The van der Waals surface area contributed by atoms with Crippen molar-refractivity contribution in [3.8, 4) is 16.9 Å². The summed E-state index contributed by atoms with van der Waals surface area (Å²) in [5.41, 5.74) is 2.33. The van der Waals surface area contributed by atoms with Crippen molar-refractivity contribution in [1.29, 1.82) is 0 Å². The number of hydrogen-bond acceptors (Lipinski definition) is 2. The zero-order chi connectivity index (χ0) is 23.4. The lowest BCUT2D eigenvalue weighted by molar-refractivity contribution is -0.274. The Kier molecular flexibility index (Phi) is 6.77. The average molecular weight is 457 g/mol. The van der Waals surface area contributed by atoms with Gasteiger partial charge in [0.2, 0.25) is 0 Å². The second-order valence-electron chi connectivity index (χ2n) is 8.63. The summed E-state index contributed by atoms with van der Waals surface area (Å²) < 4.78 is 44.4. The highest BCUT2D eigenvalue weighted by atomic mass is 19.4. The van der Waals surface area contributed by atoms with Crippen LogP contribution in [0, 0.1) is 5.92 Å². The topological polar surface area (TPSA) is 43.3 Å². The zero-order valence-corrected chi connectivity index (χ0v) is 18.4. The fourth-order valence-electron chi connectivity index (χ4n) is 4.64. The quantitative estimate of drug-likeness (QED) is 0.473. The summed E-state index contributed by atoms with van der Waals surface area (Å²) in [7, 11) is 1.73. The molecular formula is C26H27F3N2O2. The molecule has 4 rings (SSSR count). The van der Waals surface area contributed by atoms with Gasteiger partial charge in [-0.15, -0.1) is 13.2 Å². The van der Waals surface area contributed by atoms with Crippen LogP contribution in [0.2, 0.25) is 0 Å². The molecule has 174 valence electrons. The average Bonchev–Trinajstić information content (AvgIpc) is 3.19. The van der Waals surface area contributed by atoms with Crippen molar-refractivity contribution in [2.24, 2.45) is 13.0 Å². The molecule has 1 fully saturated rings. The molecule has 0 atom stereocenters. The first-order valence-corrected chi connectivity index (χ1v) is 11.1. The summed E-state index contributed by atoms with van der Waals surface area (Å²) in [4.78, 5) is 13.0. The molecule has 3 aromatic rings. The number of nitrogens with one attached hydrogen (secondary N) is 1. The molecule has 1 amide bonds. The number of rotatable bonds is 6. The summed E-state index contributed by atoms with van der Waals surface area (Å²) in [6.45, 7) is 0.551. The summed E-state index contributed by atoms with van der Waals surface area (Å²) in [5, 5.41) is 3.00. The fourth-order valence-corrected chi connectivity index (χ4v) is 4.64. The molecule has 0 radical (unpaired) electrons. The number of nitrogens with zero attached hydrogens (tertiary/aromatic N) is 1. The first kappa shape index (κ1) is 23.0. The third-order valence-electron chi connectivity index (χ3n) is 6.27. The Balaban J connectivity index is 1.42. The summed E-state index contributed by atoms with van der Waals surface area (Å²) in [6.07, 6.45) is 2.69. The van der Waals surface area contributed by atoms with Crippen molar-refractivity contribution >= 4 is 5.91 Å². The molecule has 1 N–H and O–H groups in total. The monoisotopic (exact) mass is 456 g/mol. The Morgan fingerprint density at radius 1 is 0.970 bits per heavy atom. The number of carbonyl (C=O) groups excluding carboxylic acids is 1. The van der Waals surface area contributed by atoms with E-state index < -0.39 is 6.36 Å². The Morgan fingerprint density at radius 3 is 2.33 bits per heavy atom. The minimum atomic E-state index is -4.81. The first-order valence-electron chi connectivity index (χ1n) is 11.1. The van der Waals surface area contributed by atoms with E-state index in [2.05, 4.69) is 34.3 Å². The Hall–Kier alpha value is -3.22. The summed E-state index contributed by atoms with van der Waals surface area (Å²) >= 11 is 0. The highest BCUT2D eigenvalue weighted by Gasteiger charge is 2.33. The summed E-state index contributed by atoms with van der Waals surface area (Å²) in [6, 6.07) is 16.4. The number of ether oxygens (including phenoxy) is 1. The minimum absolute atomic E-state index is 0.226. The normalized spacial score (nSPS) is 18.7. The first-order chi connectivity index (χ1) is 15.8. The number of hydrogen-bond donors (Lipinski definition) is 1. The lowest BCUT2D eigenvalue weighted by Gasteiger charge is -2.29. The zero-order valence-electron chi connectivity index (χ0n) is 18.4. The SMILES string of the molecule is Cn1cc(C(=O)NCC2CCC(c3ccccc3)CC2)c(-c2ccccc2OC(F)(F)F)c1. The number of amides is 1. The van der Waals surface area contributed by atoms with Gasteiger partial charge < -0.3 is 14.6 Å². The molecule has 0 bridgehead atoms. The molecule has 4 nitrogen and oxygen atoms in total. The highest BCUT2D eigenvalue weighted by molar-refractivity contribution is 6.01. The number of benzene rings is 2. The number of aromatic nitrogens is 1. The van der Waals surface area contributed by atoms with Crippen LogP contribution in [0.3, 0.4) is 0 Å². The predicted octanol–water partition coefficient (Wildman–Crippen LogP) is 6.29. The second kappa shape index (κ2) is 9.73. The largest absolute Gasteiger partial charge is 0.573 e. The molecule has 1 saturated carbocycles. The van der Waals surface area contributed by atoms with E-state index in [4.69, 9.17) is 0 Å². The van der Waals surface area contributed by atoms with Gasteiger partial charge in [0.25, 0.3) is 5.91 Å². The van der Waals surface area contributed by atoms with Gasteiger partial charge in [0.1, 0.15) is 5.75 Å². The van der Waals surface area contributed by atoms with E-state index in [-0.39, 0.29) is 17.2 Å². The van der Waals surface area contributed by atoms with E-state index in [1.807, 2.05) is 6.07 Å². The molecule has 0 unspecified atom stereocenters. The van der Waals surface area contributed by atoms with Crippen LogP contribution in [0.25, 0.3) is 11.1 Å². The van der Waals surface area contributed by atoms with E-state index in [0.29, 0.717) is 29.5 Å². The molecule has 0 spiro atoms. The molecule has 1 aliphatic rings. The van der Waals surface area contributed by atoms with Gasteiger partial charge in [-0.1, -0.05) is 48.5 Å². The summed E-state index contributed by atoms with van der Waals surface area (Å²) in [5.74, 6) is 0.327. The van der Waals surface area contributed by atoms with Crippen LogP contribution in [-0.2, 0) is 7.05 Å². The molecule has 1 heterocycles. The number of halogens is 3. The van der Waals surface area contributed by atoms with Gasteiger partial charge in [0, 0.05) is 37.1 Å². The molecule has 0 aliphatic heterocycles. The Bertz CT molecular complexity index is 1080. The van der Waals surface area contributed by atoms with E-state index in [1.54, 1.807) is 30.1 Å². The van der Waals surface area contributed by atoms with Crippen molar-refractivity contribution in [3.05, 3.63) is 78.1 Å². The minimum Gasteiger partial charge on any atom is -0.405 e. The molecule has 2 aromatic carbocycles. The number of para-hydroxylation sites is 1. The van der Waals surface area contributed by atoms with Crippen molar-refractivity contribution in [2.45, 2.75) is 38.0 Å². The van der Waals surface area contributed by atoms with Crippen LogP contribution in [0.1, 0.15) is 47.5 Å². The molecule has 33 heavy (non-hydrogen) atoms. The van der Waals surface area contributed by atoms with Crippen LogP contribution in [0.5, 0.6) is 5.75 Å². The molecular weight excluding hydrogens is 429 g/mol.